The Morgan fingerprint density at radius 3 is 2.10 bits per heavy atom. The highest BCUT2D eigenvalue weighted by atomic mass is 16.3. The first-order valence-electron chi connectivity index (χ1n) is 3.79. The van der Waals surface area contributed by atoms with Gasteiger partial charge in [0.15, 0.2) is 0 Å². The molecule has 0 amide bonds. The maximum Gasteiger partial charge on any atom is 0.0966 e. The predicted octanol–water partition coefficient (Wildman–Crippen LogP) is -0.522. The number of aliphatic hydroxyl groups is 2. The van der Waals surface area contributed by atoms with Crippen molar-refractivity contribution in [3.05, 3.63) is 0 Å². The van der Waals surface area contributed by atoms with E-state index < -0.39 is 12.2 Å². The Labute approximate surface area is 61.1 Å². The fraction of sp³-hybridized carbons (Fsp3) is 1.00. The van der Waals surface area contributed by atoms with Crippen molar-refractivity contribution in [2.45, 2.75) is 44.6 Å². The molecule has 0 bridgehead atoms. The predicted molar refractivity (Wildman–Crippen MR) is 38.7 cm³/mol. The molecule has 0 saturated carbocycles. The molecule has 3 heteroatoms. The molecule has 1 aliphatic heterocycles. The Bertz CT molecular complexity index is 118. The summed E-state index contributed by atoms with van der Waals surface area (Å²) in [5.74, 6) is 0. The van der Waals surface area contributed by atoms with Crippen molar-refractivity contribution in [3.63, 3.8) is 0 Å². The number of aliphatic hydroxyl groups excluding tert-OH is 2. The minimum absolute atomic E-state index is 0.0277. The van der Waals surface area contributed by atoms with Gasteiger partial charge in [0.05, 0.1) is 12.2 Å². The molecule has 1 saturated heterocycles. The molecule has 0 spiro atoms. The van der Waals surface area contributed by atoms with Crippen molar-refractivity contribution in [2.24, 2.45) is 0 Å². The smallest absolute Gasteiger partial charge is 0.0966 e. The molecule has 0 aliphatic carbocycles. The standard InChI is InChI=1S/C7H15NO2/c1-3-5-7(10)6(9)4(2)8-5/h4-10H,3H2,1-2H3/t4-,5+,6?,7?/m0/s1. The summed E-state index contributed by atoms with van der Waals surface area (Å²) in [6, 6.07) is 0.102. The molecule has 4 atom stereocenters. The van der Waals surface area contributed by atoms with Crippen LogP contribution in [-0.2, 0) is 0 Å². The van der Waals surface area contributed by atoms with Crippen LogP contribution in [0.2, 0.25) is 0 Å². The number of nitrogens with one attached hydrogen (secondary N) is 1. The van der Waals surface area contributed by atoms with Gasteiger partial charge < -0.3 is 15.5 Å². The van der Waals surface area contributed by atoms with E-state index in [1.54, 1.807) is 0 Å². The summed E-state index contributed by atoms with van der Waals surface area (Å²) in [4.78, 5) is 0. The van der Waals surface area contributed by atoms with E-state index in [0.717, 1.165) is 6.42 Å². The lowest BCUT2D eigenvalue weighted by Crippen LogP contribution is -2.31. The van der Waals surface area contributed by atoms with Gasteiger partial charge in [0.25, 0.3) is 0 Å². The highest BCUT2D eigenvalue weighted by Gasteiger charge is 2.36. The zero-order chi connectivity index (χ0) is 7.72. The molecule has 1 heterocycles. The van der Waals surface area contributed by atoms with Crippen LogP contribution in [0.5, 0.6) is 0 Å². The molecule has 60 valence electrons. The molecule has 3 N–H and O–H groups in total. The third kappa shape index (κ3) is 1.17. The first-order valence-corrected chi connectivity index (χ1v) is 3.79. The average Bonchev–Trinajstić information content (AvgIpc) is 2.17. The third-order valence-corrected chi connectivity index (χ3v) is 2.19. The summed E-state index contributed by atoms with van der Waals surface area (Å²) in [6.45, 7) is 3.87. The number of hydrogen-bond donors (Lipinski definition) is 3. The molecule has 1 rings (SSSR count). The Kier molecular flexibility index (Phi) is 2.28. The summed E-state index contributed by atoms with van der Waals surface area (Å²) >= 11 is 0. The monoisotopic (exact) mass is 145 g/mol. The van der Waals surface area contributed by atoms with Crippen LogP contribution in [0.25, 0.3) is 0 Å². The van der Waals surface area contributed by atoms with Gasteiger partial charge in [0, 0.05) is 12.1 Å². The molecule has 1 fully saturated rings. The van der Waals surface area contributed by atoms with Gasteiger partial charge in [-0.05, 0) is 13.3 Å². The van der Waals surface area contributed by atoms with Crippen LogP contribution in [0.4, 0.5) is 0 Å². The maximum atomic E-state index is 9.32. The SMILES string of the molecule is CC[C@H]1N[C@@H](C)C(O)C1O. The molecular weight excluding hydrogens is 130 g/mol. The molecule has 1 aliphatic rings. The zero-order valence-corrected chi connectivity index (χ0v) is 6.41. The fourth-order valence-electron chi connectivity index (χ4n) is 1.43. The van der Waals surface area contributed by atoms with Crippen LogP contribution < -0.4 is 5.32 Å². The van der Waals surface area contributed by atoms with Crippen molar-refractivity contribution in [1.29, 1.82) is 0 Å². The summed E-state index contributed by atoms with van der Waals surface area (Å²) < 4.78 is 0. The Morgan fingerprint density at radius 2 is 1.90 bits per heavy atom. The van der Waals surface area contributed by atoms with Gasteiger partial charge in [-0.1, -0.05) is 6.92 Å². The second-order valence-corrected chi connectivity index (χ2v) is 2.95. The molecule has 0 aromatic rings. The van der Waals surface area contributed by atoms with E-state index in [9.17, 15) is 10.2 Å². The van der Waals surface area contributed by atoms with Gasteiger partial charge in [0.2, 0.25) is 0 Å². The number of rotatable bonds is 1. The Balaban J connectivity index is 2.53. The van der Waals surface area contributed by atoms with E-state index >= 15 is 0 Å². The topological polar surface area (TPSA) is 52.5 Å². The summed E-state index contributed by atoms with van der Waals surface area (Å²) in [7, 11) is 0. The van der Waals surface area contributed by atoms with Gasteiger partial charge in [-0.2, -0.15) is 0 Å². The normalized spacial score (nSPS) is 48.0. The first-order chi connectivity index (χ1) is 4.66. The Morgan fingerprint density at radius 1 is 1.30 bits per heavy atom. The largest absolute Gasteiger partial charge is 0.389 e. The molecule has 0 radical (unpaired) electrons. The lowest BCUT2D eigenvalue weighted by molar-refractivity contribution is 0.0299. The lowest BCUT2D eigenvalue weighted by atomic mass is 10.1. The molecule has 0 aromatic carbocycles. The summed E-state index contributed by atoms with van der Waals surface area (Å²) in [6.07, 6.45) is -0.312. The highest BCUT2D eigenvalue weighted by molar-refractivity contribution is 4.95. The molecular formula is C7H15NO2. The van der Waals surface area contributed by atoms with Gasteiger partial charge in [-0.15, -0.1) is 0 Å². The van der Waals surface area contributed by atoms with E-state index in [1.165, 1.54) is 0 Å². The molecule has 0 aromatic heterocycles. The molecule has 10 heavy (non-hydrogen) atoms. The van der Waals surface area contributed by atoms with Gasteiger partial charge in [-0.25, -0.2) is 0 Å². The van der Waals surface area contributed by atoms with Crippen molar-refractivity contribution >= 4 is 0 Å². The molecule has 2 unspecified atom stereocenters. The number of hydrogen-bond acceptors (Lipinski definition) is 3. The zero-order valence-electron chi connectivity index (χ0n) is 6.41. The average molecular weight is 145 g/mol. The van der Waals surface area contributed by atoms with Crippen LogP contribution in [0, 0.1) is 0 Å². The van der Waals surface area contributed by atoms with Gasteiger partial charge in [-0.3, -0.25) is 0 Å². The van der Waals surface area contributed by atoms with Crippen LogP contribution in [-0.4, -0.2) is 34.5 Å². The van der Waals surface area contributed by atoms with E-state index in [1.807, 2.05) is 13.8 Å². The summed E-state index contributed by atoms with van der Waals surface area (Å²) in [5, 5.41) is 21.7. The van der Waals surface area contributed by atoms with Crippen LogP contribution in [0.3, 0.4) is 0 Å². The second kappa shape index (κ2) is 2.86. The van der Waals surface area contributed by atoms with Crippen LogP contribution >= 0.6 is 0 Å². The van der Waals surface area contributed by atoms with Gasteiger partial charge in [0.1, 0.15) is 0 Å². The quantitative estimate of drug-likeness (QED) is 0.465. The van der Waals surface area contributed by atoms with Crippen LogP contribution in [0.15, 0.2) is 0 Å². The minimum Gasteiger partial charge on any atom is -0.389 e. The van der Waals surface area contributed by atoms with Crippen LogP contribution in [0.1, 0.15) is 20.3 Å². The first kappa shape index (κ1) is 7.98. The molecule has 3 nitrogen and oxygen atoms in total. The van der Waals surface area contributed by atoms with Crippen molar-refractivity contribution in [3.8, 4) is 0 Å². The van der Waals surface area contributed by atoms with Crippen molar-refractivity contribution < 1.29 is 10.2 Å². The van der Waals surface area contributed by atoms with E-state index in [2.05, 4.69) is 5.32 Å². The van der Waals surface area contributed by atoms with E-state index in [4.69, 9.17) is 0 Å². The lowest BCUT2D eigenvalue weighted by Gasteiger charge is -2.12. The fourth-order valence-corrected chi connectivity index (χ4v) is 1.43. The van der Waals surface area contributed by atoms with Crippen molar-refractivity contribution in [1.82, 2.24) is 5.32 Å². The highest BCUT2D eigenvalue weighted by Crippen LogP contribution is 2.15. The van der Waals surface area contributed by atoms with E-state index in [-0.39, 0.29) is 12.1 Å². The Hall–Kier alpha value is -0.120. The maximum absolute atomic E-state index is 9.32. The third-order valence-electron chi connectivity index (χ3n) is 2.19. The van der Waals surface area contributed by atoms with Gasteiger partial charge >= 0.3 is 0 Å². The van der Waals surface area contributed by atoms with E-state index in [0.29, 0.717) is 0 Å². The second-order valence-electron chi connectivity index (χ2n) is 2.95. The minimum atomic E-state index is -0.593. The van der Waals surface area contributed by atoms with Crippen molar-refractivity contribution in [2.75, 3.05) is 0 Å². The summed E-state index contributed by atoms with van der Waals surface area (Å²) in [5.41, 5.74) is 0.